The van der Waals surface area contributed by atoms with Gasteiger partial charge in [0.15, 0.2) is 0 Å². The fourth-order valence-electron chi connectivity index (χ4n) is 1.32. The molecule has 3 nitrogen and oxygen atoms in total. The van der Waals surface area contributed by atoms with Gasteiger partial charge in [0.25, 0.3) is 0 Å². The van der Waals surface area contributed by atoms with Gasteiger partial charge in [-0.3, -0.25) is 0 Å². The zero-order valence-corrected chi connectivity index (χ0v) is 9.05. The maximum absolute atomic E-state index is 9.67. The minimum atomic E-state index is -0.162. The molecular weight excluding hydrogens is 200 g/mol. The minimum Gasteiger partial charge on any atom is -0.507 e. The molecule has 80 valence electrons. The molecular formula is C10H17ClN2O. The van der Waals surface area contributed by atoms with Crippen molar-refractivity contribution < 1.29 is 5.11 Å². The standard InChI is InChI=1S/C10H16N2O.ClH/c1-7-3-2-4-8(10(7)13)9(12)5-6-11;/h2-4,9,13H,5-6,11-12H2,1H3;1H/t9-;/m1./s1. The van der Waals surface area contributed by atoms with Crippen LogP contribution in [-0.2, 0) is 0 Å². The van der Waals surface area contributed by atoms with Gasteiger partial charge in [-0.05, 0) is 25.5 Å². The van der Waals surface area contributed by atoms with Gasteiger partial charge in [-0.1, -0.05) is 18.2 Å². The molecule has 0 radical (unpaired) electrons. The number of nitrogens with two attached hydrogens (primary N) is 2. The Morgan fingerprint density at radius 3 is 2.64 bits per heavy atom. The van der Waals surface area contributed by atoms with Crippen LogP contribution in [0.2, 0.25) is 0 Å². The topological polar surface area (TPSA) is 72.3 Å². The minimum absolute atomic E-state index is 0. The lowest BCUT2D eigenvalue weighted by Gasteiger charge is -2.13. The highest BCUT2D eigenvalue weighted by molar-refractivity contribution is 5.85. The van der Waals surface area contributed by atoms with Crippen molar-refractivity contribution in [2.24, 2.45) is 11.5 Å². The van der Waals surface area contributed by atoms with E-state index in [1.54, 1.807) is 0 Å². The molecule has 0 saturated carbocycles. The maximum atomic E-state index is 9.67. The number of hydrogen-bond donors (Lipinski definition) is 3. The van der Waals surface area contributed by atoms with Crippen molar-refractivity contribution in [3.05, 3.63) is 29.3 Å². The first-order valence-corrected chi connectivity index (χ1v) is 4.41. The van der Waals surface area contributed by atoms with E-state index >= 15 is 0 Å². The molecule has 0 amide bonds. The summed E-state index contributed by atoms with van der Waals surface area (Å²) in [5.74, 6) is 0.295. The Morgan fingerprint density at radius 1 is 1.43 bits per heavy atom. The van der Waals surface area contributed by atoms with E-state index < -0.39 is 0 Å². The molecule has 0 aliphatic rings. The van der Waals surface area contributed by atoms with Gasteiger partial charge in [0.2, 0.25) is 0 Å². The lowest BCUT2D eigenvalue weighted by molar-refractivity contribution is 0.455. The van der Waals surface area contributed by atoms with Crippen molar-refractivity contribution >= 4 is 12.4 Å². The van der Waals surface area contributed by atoms with Crippen LogP contribution in [0.25, 0.3) is 0 Å². The summed E-state index contributed by atoms with van der Waals surface area (Å²) in [7, 11) is 0. The number of phenols is 1. The summed E-state index contributed by atoms with van der Waals surface area (Å²) in [6.45, 7) is 2.39. The second-order valence-electron chi connectivity index (χ2n) is 3.20. The third kappa shape index (κ3) is 2.87. The average Bonchev–Trinajstić information content (AvgIpc) is 2.10. The largest absolute Gasteiger partial charge is 0.507 e. The van der Waals surface area contributed by atoms with Crippen LogP contribution in [0.15, 0.2) is 18.2 Å². The summed E-state index contributed by atoms with van der Waals surface area (Å²) >= 11 is 0. The molecule has 0 heterocycles. The monoisotopic (exact) mass is 216 g/mol. The van der Waals surface area contributed by atoms with Gasteiger partial charge < -0.3 is 16.6 Å². The van der Waals surface area contributed by atoms with Crippen molar-refractivity contribution in [1.82, 2.24) is 0 Å². The summed E-state index contributed by atoms with van der Waals surface area (Å²) in [4.78, 5) is 0. The van der Waals surface area contributed by atoms with Crippen LogP contribution >= 0.6 is 12.4 Å². The average molecular weight is 217 g/mol. The van der Waals surface area contributed by atoms with E-state index in [2.05, 4.69) is 0 Å². The summed E-state index contributed by atoms with van der Waals surface area (Å²) in [5.41, 5.74) is 12.9. The Labute approximate surface area is 90.5 Å². The Kier molecular flexibility index (Phi) is 5.53. The molecule has 0 aliphatic carbocycles. The van der Waals surface area contributed by atoms with Gasteiger partial charge in [0.05, 0.1) is 0 Å². The van der Waals surface area contributed by atoms with Crippen molar-refractivity contribution in [2.45, 2.75) is 19.4 Å². The first-order chi connectivity index (χ1) is 6.16. The van der Waals surface area contributed by atoms with E-state index in [-0.39, 0.29) is 18.4 Å². The Morgan fingerprint density at radius 2 is 2.07 bits per heavy atom. The van der Waals surface area contributed by atoms with Crippen LogP contribution in [0.5, 0.6) is 5.75 Å². The van der Waals surface area contributed by atoms with Crippen molar-refractivity contribution in [2.75, 3.05) is 6.54 Å². The second-order valence-corrected chi connectivity index (χ2v) is 3.20. The van der Waals surface area contributed by atoms with Crippen molar-refractivity contribution in [1.29, 1.82) is 0 Å². The van der Waals surface area contributed by atoms with E-state index in [1.807, 2.05) is 25.1 Å². The molecule has 1 aromatic carbocycles. The third-order valence-corrected chi connectivity index (χ3v) is 2.15. The number of aryl methyl sites for hydroxylation is 1. The molecule has 0 bridgehead atoms. The highest BCUT2D eigenvalue weighted by atomic mass is 35.5. The number of hydrogen-bond acceptors (Lipinski definition) is 3. The third-order valence-electron chi connectivity index (χ3n) is 2.15. The van der Waals surface area contributed by atoms with Crippen LogP contribution in [0.1, 0.15) is 23.6 Å². The highest BCUT2D eigenvalue weighted by Gasteiger charge is 2.10. The van der Waals surface area contributed by atoms with Crippen molar-refractivity contribution in [3.8, 4) is 5.75 Å². The number of para-hydroxylation sites is 1. The van der Waals surface area contributed by atoms with Crippen LogP contribution in [0.4, 0.5) is 0 Å². The number of aromatic hydroxyl groups is 1. The molecule has 1 rings (SSSR count). The predicted octanol–water partition coefficient (Wildman–Crippen LogP) is 1.47. The normalized spacial score (nSPS) is 11.9. The first kappa shape index (κ1) is 13.2. The quantitative estimate of drug-likeness (QED) is 0.717. The van der Waals surface area contributed by atoms with Gasteiger partial charge in [0, 0.05) is 11.6 Å². The SMILES string of the molecule is Cc1cccc([C@H](N)CCN)c1O.Cl. The van der Waals surface area contributed by atoms with Gasteiger partial charge in [-0.15, -0.1) is 12.4 Å². The van der Waals surface area contributed by atoms with Crippen LogP contribution in [0, 0.1) is 6.92 Å². The number of benzene rings is 1. The molecule has 1 atom stereocenters. The van der Waals surface area contributed by atoms with Crippen LogP contribution in [0.3, 0.4) is 0 Å². The van der Waals surface area contributed by atoms with Crippen LogP contribution in [-0.4, -0.2) is 11.7 Å². The number of rotatable bonds is 3. The lowest BCUT2D eigenvalue weighted by atomic mass is 10.0. The van der Waals surface area contributed by atoms with Gasteiger partial charge in [-0.25, -0.2) is 0 Å². The molecule has 0 saturated heterocycles. The summed E-state index contributed by atoms with van der Waals surface area (Å²) in [6.07, 6.45) is 0.691. The van der Waals surface area contributed by atoms with Gasteiger partial charge >= 0.3 is 0 Å². The predicted molar refractivity (Wildman–Crippen MR) is 60.7 cm³/mol. The molecule has 0 spiro atoms. The molecule has 0 aliphatic heterocycles. The fraction of sp³-hybridized carbons (Fsp3) is 0.400. The molecule has 1 aromatic rings. The number of phenolic OH excluding ortho intramolecular Hbond substituents is 1. The number of halogens is 1. The van der Waals surface area contributed by atoms with E-state index in [0.29, 0.717) is 18.7 Å². The lowest BCUT2D eigenvalue weighted by Crippen LogP contribution is -2.15. The van der Waals surface area contributed by atoms with E-state index in [4.69, 9.17) is 11.5 Å². The Balaban J connectivity index is 0.00000169. The van der Waals surface area contributed by atoms with E-state index in [1.165, 1.54) is 0 Å². The Hall–Kier alpha value is -0.770. The summed E-state index contributed by atoms with van der Waals surface area (Å²) < 4.78 is 0. The van der Waals surface area contributed by atoms with Gasteiger partial charge in [0.1, 0.15) is 5.75 Å². The van der Waals surface area contributed by atoms with Gasteiger partial charge in [-0.2, -0.15) is 0 Å². The molecule has 5 N–H and O–H groups in total. The molecule has 0 aromatic heterocycles. The zero-order valence-electron chi connectivity index (χ0n) is 8.23. The second kappa shape index (κ2) is 5.86. The highest BCUT2D eigenvalue weighted by Crippen LogP contribution is 2.27. The van der Waals surface area contributed by atoms with Crippen LogP contribution < -0.4 is 11.5 Å². The fourth-order valence-corrected chi connectivity index (χ4v) is 1.32. The van der Waals surface area contributed by atoms with E-state index in [0.717, 1.165) is 11.1 Å². The van der Waals surface area contributed by atoms with E-state index in [9.17, 15) is 5.11 Å². The summed E-state index contributed by atoms with van der Waals surface area (Å²) in [6, 6.07) is 5.42. The van der Waals surface area contributed by atoms with Crippen molar-refractivity contribution in [3.63, 3.8) is 0 Å². The molecule has 14 heavy (non-hydrogen) atoms. The zero-order chi connectivity index (χ0) is 9.84. The first-order valence-electron chi connectivity index (χ1n) is 4.41. The molecule has 0 unspecified atom stereocenters. The Bertz CT molecular complexity index is 291. The molecule has 4 heteroatoms. The smallest absolute Gasteiger partial charge is 0.123 e. The maximum Gasteiger partial charge on any atom is 0.123 e. The summed E-state index contributed by atoms with van der Waals surface area (Å²) in [5, 5.41) is 9.67. The molecule has 0 fully saturated rings.